The zero-order valence-corrected chi connectivity index (χ0v) is 10.2. The van der Waals surface area contributed by atoms with Gasteiger partial charge in [0.1, 0.15) is 12.4 Å². The first-order valence-corrected chi connectivity index (χ1v) is 5.73. The van der Waals surface area contributed by atoms with Gasteiger partial charge in [-0.25, -0.2) is 4.98 Å². The van der Waals surface area contributed by atoms with Gasteiger partial charge in [0.05, 0.1) is 17.6 Å². The molecular formula is C12H16N4O2. The molecule has 0 fully saturated rings. The Morgan fingerprint density at radius 2 is 2.39 bits per heavy atom. The lowest BCUT2D eigenvalue weighted by molar-refractivity contribution is -0.120. The number of anilines is 1. The molecule has 2 rings (SSSR count). The number of ether oxygens (including phenoxy) is 1. The van der Waals surface area contributed by atoms with Crippen LogP contribution in [0.2, 0.25) is 0 Å². The number of benzene rings is 1. The van der Waals surface area contributed by atoms with E-state index in [1.54, 1.807) is 0 Å². The van der Waals surface area contributed by atoms with Gasteiger partial charge >= 0.3 is 0 Å². The summed E-state index contributed by atoms with van der Waals surface area (Å²) < 4.78 is 5.05. The summed E-state index contributed by atoms with van der Waals surface area (Å²) in [6.07, 6.45) is 0. The highest BCUT2D eigenvalue weighted by molar-refractivity contribution is 5.93. The number of carbonyl (C=O) groups excluding carboxylic acids is 1. The minimum atomic E-state index is -0.195. The highest BCUT2D eigenvalue weighted by atomic mass is 16.5. The maximum Gasteiger partial charge on any atom is 0.250 e. The third-order valence-corrected chi connectivity index (χ3v) is 2.38. The van der Waals surface area contributed by atoms with E-state index in [1.807, 2.05) is 25.1 Å². The number of nitrogens with two attached hydrogens (primary N) is 1. The number of hydrogen-bond acceptors (Lipinski definition) is 4. The number of fused-ring (bicyclic) bond motifs is 1. The second-order valence-corrected chi connectivity index (χ2v) is 3.94. The molecule has 0 saturated heterocycles. The Morgan fingerprint density at radius 3 is 3.17 bits per heavy atom. The van der Waals surface area contributed by atoms with Gasteiger partial charge < -0.3 is 20.8 Å². The number of aromatic nitrogens is 2. The maximum atomic E-state index is 11.5. The third-order valence-electron chi connectivity index (χ3n) is 2.38. The summed E-state index contributed by atoms with van der Waals surface area (Å²) in [7, 11) is 0. The molecule has 6 nitrogen and oxygen atoms in total. The number of H-pyrrole nitrogens is 1. The quantitative estimate of drug-likeness (QED) is 0.682. The van der Waals surface area contributed by atoms with Crippen LogP contribution in [-0.4, -0.2) is 35.6 Å². The van der Waals surface area contributed by atoms with Crippen molar-refractivity contribution >= 4 is 22.6 Å². The lowest BCUT2D eigenvalue weighted by Crippen LogP contribution is -2.20. The number of aromatic amines is 1. The Kier molecular flexibility index (Phi) is 3.91. The fourth-order valence-electron chi connectivity index (χ4n) is 1.66. The van der Waals surface area contributed by atoms with E-state index < -0.39 is 0 Å². The van der Waals surface area contributed by atoms with Crippen LogP contribution in [0, 0.1) is 6.92 Å². The second kappa shape index (κ2) is 5.61. The highest BCUT2D eigenvalue weighted by Gasteiger charge is 2.04. The Bertz CT molecular complexity index is 550. The van der Waals surface area contributed by atoms with Crippen LogP contribution in [-0.2, 0) is 9.53 Å². The van der Waals surface area contributed by atoms with Gasteiger partial charge in [0, 0.05) is 12.2 Å². The van der Waals surface area contributed by atoms with Crippen molar-refractivity contribution in [2.75, 3.05) is 25.1 Å². The standard InChI is InChI=1S/C12H16N4O2/c1-8-14-10-3-2-9(6-11(10)15-8)16-12(17)7-18-5-4-13/h2-3,6H,4-5,7,13H2,1H3,(H,14,15)(H,16,17). The van der Waals surface area contributed by atoms with Gasteiger partial charge in [0.25, 0.3) is 0 Å². The molecule has 96 valence electrons. The minimum Gasteiger partial charge on any atom is -0.370 e. The molecule has 1 heterocycles. The van der Waals surface area contributed by atoms with E-state index in [9.17, 15) is 4.79 Å². The van der Waals surface area contributed by atoms with Crippen molar-refractivity contribution in [2.45, 2.75) is 6.92 Å². The van der Waals surface area contributed by atoms with Crippen LogP contribution in [0.25, 0.3) is 11.0 Å². The monoisotopic (exact) mass is 248 g/mol. The summed E-state index contributed by atoms with van der Waals surface area (Å²) in [5.74, 6) is 0.652. The predicted octanol–water partition coefficient (Wildman–Crippen LogP) is 0.785. The number of carbonyl (C=O) groups is 1. The molecule has 2 aromatic rings. The second-order valence-electron chi connectivity index (χ2n) is 3.94. The molecule has 0 aliphatic carbocycles. The lowest BCUT2D eigenvalue weighted by Gasteiger charge is -2.05. The van der Waals surface area contributed by atoms with Gasteiger partial charge in [-0.2, -0.15) is 0 Å². The van der Waals surface area contributed by atoms with Gasteiger partial charge in [-0.1, -0.05) is 0 Å². The number of nitrogens with zero attached hydrogens (tertiary/aromatic N) is 1. The molecule has 0 radical (unpaired) electrons. The Labute approximate surface area is 105 Å². The number of imidazole rings is 1. The third kappa shape index (κ3) is 3.06. The molecule has 18 heavy (non-hydrogen) atoms. The van der Waals surface area contributed by atoms with Crippen LogP contribution in [0.1, 0.15) is 5.82 Å². The van der Waals surface area contributed by atoms with Crippen molar-refractivity contribution in [2.24, 2.45) is 5.73 Å². The number of nitrogens with one attached hydrogen (secondary N) is 2. The number of hydrogen-bond donors (Lipinski definition) is 3. The molecule has 0 atom stereocenters. The van der Waals surface area contributed by atoms with Crippen molar-refractivity contribution in [1.82, 2.24) is 9.97 Å². The Hall–Kier alpha value is -1.92. The normalized spacial score (nSPS) is 10.8. The van der Waals surface area contributed by atoms with Crippen molar-refractivity contribution in [3.8, 4) is 0 Å². The highest BCUT2D eigenvalue weighted by Crippen LogP contribution is 2.16. The first-order valence-electron chi connectivity index (χ1n) is 5.73. The van der Waals surface area contributed by atoms with E-state index in [4.69, 9.17) is 10.5 Å². The summed E-state index contributed by atoms with van der Waals surface area (Å²) in [6, 6.07) is 5.51. The minimum absolute atomic E-state index is 0.0112. The van der Waals surface area contributed by atoms with E-state index in [2.05, 4.69) is 15.3 Å². The van der Waals surface area contributed by atoms with E-state index >= 15 is 0 Å². The van der Waals surface area contributed by atoms with Crippen LogP contribution >= 0.6 is 0 Å². The molecule has 4 N–H and O–H groups in total. The molecule has 0 bridgehead atoms. The molecule has 0 saturated carbocycles. The molecule has 0 aliphatic rings. The molecule has 0 aliphatic heterocycles. The molecular weight excluding hydrogens is 232 g/mol. The Balaban J connectivity index is 2.00. The average Bonchev–Trinajstić information content (AvgIpc) is 2.69. The van der Waals surface area contributed by atoms with Crippen LogP contribution in [0.5, 0.6) is 0 Å². The zero-order valence-electron chi connectivity index (χ0n) is 10.2. The fraction of sp³-hybridized carbons (Fsp3) is 0.333. The van der Waals surface area contributed by atoms with E-state index in [0.717, 1.165) is 16.9 Å². The molecule has 6 heteroatoms. The summed E-state index contributed by atoms with van der Waals surface area (Å²) >= 11 is 0. The van der Waals surface area contributed by atoms with Crippen LogP contribution < -0.4 is 11.1 Å². The van der Waals surface area contributed by atoms with Gasteiger partial charge in [-0.3, -0.25) is 4.79 Å². The first-order chi connectivity index (χ1) is 8.69. The summed E-state index contributed by atoms with van der Waals surface area (Å²) in [5.41, 5.74) is 7.76. The maximum absolute atomic E-state index is 11.5. The van der Waals surface area contributed by atoms with Crippen LogP contribution in [0.3, 0.4) is 0 Å². The fourth-order valence-corrected chi connectivity index (χ4v) is 1.66. The molecule has 0 spiro atoms. The van der Waals surface area contributed by atoms with Crippen LogP contribution in [0.15, 0.2) is 18.2 Å². The summed E-state index contributed by atoms with van der Waals surface area (Å²) in [4.78, 5) is 18.9. The zero-order chi connectivity index (χ0) is 13.0. The molecule has 1 aromatic heterocycles. The molecule has 0 unspecified atom stereocenters. The van der Waals surface area contributed by atoms with Crippen molar-refractivity contribution in [3.05, 3.63) is 24.0 Å². The topological polar surface area (TPSA) is 93.0 Å². The predicted molar refractivity (Wildman–Crippen MR) is 69.3 cm³/mol. The number of aryl methyl sites for hydroxylation is 1. The average molecular weight is 248 g/mol. The smallest absolute Gasteiger partial charge is 0.250 e. The van der Waals surface area contributed by atoms with Gasteiger partial charge in [-0.15, -0.1) is 0 Å². The summed E-state index contributed by atoms with van der Waals surface area (Å²) in [6.45, 7) is 2.69. The first kappa shape index (κ1) is 12.5. The lowest BCUT2D eigenvalue weighted by atomic mass is 10.3. The summed E-state index contributed by atoms with van der Waals surface area (Å²) in [5, 5.41) is 2.75. The molecule has 1 aromatic carbocycles. The Morgan fingerprint density at radius 1 is 1.56 bits per heavy atom. The van der Waals surface area contributed by atoms with Gasteiger partial charge in [-0.05, 0) is 25.1 Å². The number of amides is 1. The largest absolute Gasteiger partial charge is 0.370 e. The van der Waals surface area contributed by atoms with Crippen molar-refractivity contribution < 1.29 is 9.53 Å². The van der Waals surface area contributed by atoms with Crippen molar-refractivity contribution in [3.63, 3.8) is 0 Å². The van der Waals surface area contributed by atoms with Gasteiger partial charge in [0.15, 0.2) is 0 Å². The SMILES string of the molecule is Cc1nc2ccc(NC(=O)COCCN)cc2[nH]1. The van der Waals surface area contributed by atoms with E-state index in [0.29, 0.717) is 18.8 Å². The van der Waals surface area contributed by atoms with Gasteiger partial charge in [0.2, 0.25) is 5.91 Å². The van der Waals surface area contributed by atoms with E-state index in [1.165, 1.54) is 0 Å². The number of rotatable bonds is 5. The van der Waals surface area contributed by atoms with E-state index in [-0.39, 0.29) is 12.5 Å². The van der Waals surface area contributed by atoms with Crippen molar-refractivity contribution in [1.29, 1.82) is 0 Å². The van der Waals surface area contributed by atoms with Crippen LogP contribution in [0.4, 0.5) is 5.69 Å². The molecule has 1 amide bonds.